The van der Waals surface area contributed by atoms with Crippen molar-refractivity contribution in [2.24, 2.45) is 11.3 Å². The standard InChI is InChI=1S/C15H26N2O/c1-12(2)15(6-7-16-10-15)11-17(4)9-14-5-8-18-13(14)3/h5,8,12,16H,6-7,9-11H2,1-4H3. The van der Waals surface area contributed by atoms with Gasteiger partial charge in [-0.2, -0.15) is 0 Å². The van der Waals surface area contributed by atoms with Gasteiger partial charge < -0.3 is 14.6 Å². The van der Waals surface area contributed by atoms with Crippen LogP contribution in [0.2, 0.25) is 0 Å². The van der Waals surface area contributed by atoms with Crippen LogP contribution in [0, 0.1) is 18.3 Å². The third-order valence-electron chi connectivity index (χ3n) is 4.49. The van der Waals surface area contributed by atoms with E-state index in [1.165, 1.54) is 12.0 Å². The summed E-state index contributed by atoms with van der Waals surface area (Å²) in [5, 5.41) is 3.52. The molecule has 1 unspecified atom stereocenters. The van der Waals surface area contributed by atoms with Gasteiger partial charge in [-0.3, -0.25) is 0 Å². The van der Waals surface area contributed by atoms with Crippen LogP contribution >= 0.6 is 0 Å². The fourth-order valence-electron chi connectivity index (χ4n) is 3.03. The monoisotopic (exact) mass is 250 g/mol. The van der Waals surface area contributed by atoms with Crippen LogP contribution in [0.4, 0.5) is 0 Å². The van der Waals surface area contributed by atoms with E-state index in [0.717, 1.165) is 37.9 Å². The lowest BCUT2D eigenvalue weighted by Crippen LogP contribution is -2.41. The molecule has 0 aliphatic carbocycles. The van der Waals surface area contributed by atoms with Crippen molar-refractivity contribution in [2.45, 2.75) is 33.7 Å². The first kappa shape index (κ1) is 13.6. The summed E-state index contributed by atoms with van der Waals surface area (Å²) in [6, 6.07) is 2.08. The van der Waals surface area contributed by atoms with Crippen molar-refractivity contribution in [3.05, 3.63) is 23.7 Å². The highest BCUT2D eigenvalue weighted by Crippen LogP contribution is 2.35. The van der Waals surface area contributed by atoms with Gasteiger partial charge in [0.05, 0.1) is 6.26 Å². The minimum atomic E-state index is 0.437. The van der Waals surface area contributed by atoms with Crippen molar-refractivity contribution in [3.8, 4) is 0 Å². The topological polar surface area (TPSA) is 28.4 Å². The second kappa shape index (κ2) is 5.45. The van der Waals surface area contributed by atoms with Gasteiger partial charge >= 0.3 is 0 Å². The van der Waals surface area contributed by atoms with Crippen LogP contribution in [-0.4, -0.2) is 31.6 Å². The van der Waals surface area contributed by atoms with E-state index in [0.29, 0.717) is 5.41 Å². The molecule has 1 fully saturated rings. The number of hydrogen-bond acceptors (Lipinski definition) is 3. The van der Waals surface area contributed by atoms with Crippen LogP contribution in [0.25, 0.3) is 0 Å². The summed E-state index contributed by atoms with van der Waals surface area (Å²) in [5.74, 6) is 1.77. The molecule has 3 nitrogen and oxygen atoms in total. The predicted molar refractivity (Wildman–Crippen MR) is 74.5 cm³/mol. The molecule has 102 valence electrons. The maximum atomic E-state index is 5.37. The molecule has 1 atom stereocenters. The fraction of sp³-hybridized carbons (Fsp3) is 0.733. The SMILES string of the molecule is Cc1occc1CN(C)CC1(C(C)C)CCNC1. The Balaban J connectivity index is 1.97. The Morgan fingerprint density at radius 3 is 2.78 bits per heavy atom. The summed E-state index contributed by atoms with van der Waals surface area (Å²) in [6.45, 7) is 11.2. The summed E-state index contributed by atoms with van der Waals surface area (Å²) >= 11 is 0. The van der Waals surface area contributed by atoms with Gasteiger partial charge in [0.1, 0.15) is 5.76 Å². The van der Waals surface area contributed by atoms with Crippen molar-refractivity contribution in [1.82, 2.24) is 10.2 Å². The smallest absolute Gasteiger partial charge is 0.105 e. The van der Waals surface area contributed by atoms with Crippen LogP contribution in [0.15, 0.2) is 16.7 Å². The molecule has 2 rings (SSSR count). The first-order valence-corrected chi connectivity index (χ1v) is 6.96. The number of furan rings is 1. The van der Waals surface area contributed by atoms with Gasteiger partial charge in [0.25, 0.3) is 0 Å². The van der Waals surface area contributed by atoms with Crippen molar-refractivity contribution < 1.29 is 4.42 Å². The Morgan fingerprint density at radius 1 is 1.50 bits per heavy atom. The van der Waals surface area contributed by atoms with Gasteiger partial charge in [0, 0.05) is 25.2 Å². The van der Waals surface area contributed by atoms with Crippen LogP contribution < -0.4 is 5.32 Å². The molecular formula is C15H26N2O. The quantitative estimate of drug-likeness (QED) is 0.871. The zero-order valence-corrected chi connectivity index (χ0v) is 12.1. The lowest BCUT2D eigenvalue weighted by molar-refractivity contribution is 0.131. The maximum Gasteiger partial charge on any atom is 0.105 e. The highest BCUT2D eigenvalue weighted by atomic mass is 16.3. The zero-order valence-electron chi connectivity index (χ0n) is 12.1. The fourth-order valence-corrected chi connectivity index (χ4v) is 3.03. The molecule has 0 saturated carbocycles. The molecule has 0 amide bonds. The third kappa shape index (κ3) is 2.78. The van der Waals surface area contributed by atoms with E-state index in [9.17, 15) is 0 Å². The molecule has 3 heteroatoms. The summed E-state index contributed by atoms with van der Waals surface area (Å²) in [4.78, 5) is 2.44. The van der Waals surface area contributed by atoms with E-state index < -0.39 is 0 Å². The minimum absolute atomic E-state index is 0.437. The third-order valence-corrected chi connectivity index (χ3v) is 4.49. The molecule has 0 radical (unpaired) electrons. The predicted octanol–water partition coefficient (Wildman–Crippen LogP) is 2.66. The van der Waals surface area contributed by atoms with E-state index in [4.69, 9.17) is 4.42 Å². The van der Waals surface area contributed by atoms with Crippen LogP contribution in [0.5, 0.6) is 0 Å². The summed E-state index contributed by atoms with van der Waals surface area (Å²) in [5.41, 5.74) is 1.74. The van der Waals surface area contributed by atoms with Crippen LogP contribution in [-0.2, 0) is 6.54 Å². The number of rotatable bonds is 5. The Bertz CT molecular complexity index is 378. The first-order chi connectivity index (χ1) is 8.53. The van der Waals surface area contributed by atoms with E-state index in [1.807, 2.05) is 6.92 Å². The molecule has 0 spiro atoms. The minimum Gasteiger partial charge on any atom is -0.469 e. The van der Waals surface area contributed by atoms with E-state index in [2.05, 4.69) is 37.2 Å². The Labute approximate surface area is 111 Å². The van der Waals surface area contributed by atoms with Crippen LogP contribution in [0.1, 0.15) is 31.6 Å². The summed E-state index contributed by atoms with van der Waals surface area (Å²) in [6.07, 6.45) is 3.08. The van der Waals surface area contributed by atoms with Gasteiger partial charge in [0.2, 0.25) is 0 Å². The second-order valence-electron chi connectivity index (χ2n) is 6.12. The molecular weight excluding hydrogens is 224 g/mol. The van der Waals surface area contributed by atoms with Crippen molar-refractivity contribution in [1.29, 1.82) is 0 Å². The Morgan fingerprint density at radius 2 is 2.28 bits per heavy atom. The molecule has 1 N–H and O–H groups in total. The van der Waals surface area contributed by atoms with Gasteiger partial charge in [-0.15, -0.1) is 0 Å². The van der Waals surface area contributed by atoms with Gasteiger partial charge in [-0.1, -0.05) is 13.8 Å². The normalized spacial score (nSPS) is 24.3. The second-order valence-corrected chi connectivity index (χ2v) is 6.12. The van der Waals surface area contributed by atoms with E-state index in [1.54, 1.807) is 6.26 Å². The average molecular weight is 250 g/mol. The maximum absolute atomic E-state index is 5.37. The molecule has 1 aliphatic rings. The number of nitrogens with zero attached hydrogens (tertiary/aromatic N) is 1. The van der Waals surface area contributed by atoms with E-state index >= 15 is 0 Å². The summed E-state index contributed by atoms with van der Waals surface area (Å²) in [7, 11) is 2.22. The average Bonchev–Trinajstić information content (AvgIpc) is 2.90. The molecule has 0 aromatic carbocycles. The molecule has 2 heterocycles. The van der Waals surface area contributed by atoms with Crippen molar-refractivity contribution in [2.75, 3.05) is 26.7 Å². The highest BCUT2D eigenvalue weighted by Gasteiger charge is 2.37. The first-order valence-electron chi connectivity index (χ1n) is 6.96. The lowest BCUT2D eigenvalue weighted by Gasteiger charge is -2.36. The molecule has 0 bridgehead atoms. The highest BCUT2D eigenvalue weighted by molar-refractivity contribution is 5.15. The number of hydrogen-bond donors (Lipinski definition) is 1. The van der Waals surface area contributed by atoms with Gasteiger partial charge in [-0.05, 0) is 44.3 Å². The molecule has 1 saturated heterocycles. The van der Waals surface area contributed by atoms with Gasteiger partial charge in [-0.25, -0.2) is 0 Å². The zero-order chi connectivity index (χ0) is 13.2. The van der Waals surface area contributed by atoms with Crippen LogP contribution in [0.3, 0.4) is 0 Å². The van der Waals surface area contributed by atoms with Crippen molar-refractivity contribution in [3.63, 3.8) is 0 Å². The Kier molecular flexibility index (Phi) is 4.13. The van der Waals surface area contributed by atoms with Crippen molar-refractivity contribution >= 4 is 0 Å². The molecule has 1 aromatic heterocycles. The van der Waals surface area contributed by atoms with Gasteiger partial charge in [0.15, 0.2) is 0 Å². The lowest BCUT2D eigenvalue weighted by atomic mass is 9.76. The van der Waals surface area contributed by atoms with E-state index in [-0.39, 0.29) is 0 Å². The molecule has 18 heavy (non-hydrogen) atoms. The Hall–Kier alpha value is -0.800. The number of nitrogens with one attached hydrogen (secondary N) is 1. The summed E-state index contributed by atoms with van der Waals surface area (Å²) < 4.78 is 5.37. The largest absolute Gasteiger partial charge is 0.469 e. The number of aryl methyl sites for hydroxylation is 1. The molecule has 1 aliphatic heterocycles. The molecule has 1 aromatic rings.